The standard InChI is InChI=1S/C13H17NO/c1-12(9-14-2)8-13(12,10-15)11-6-4-3-5-7-11/h3-7,10,14H,8-9H2,1-2H3/t12-,13+/m0/s1. The van der Waals surface area contributed by atoms with Crippen LogP contribution in [0.2, 0.25) is 0 Å². The van der Waals surface area contributed by atoms with Gasteiger partial charge in [0.2, 0.25) is 0 Å². The summed E-state index contributed by atoms with van der Waals surface area (Å²) in [5, 5.41) is 3.17. The molecule has 0 bridgehead atoms. The van der Waals surface area contributed by atoms with Gasteiger partial charge in [-0.25, -0.2) is 0 Å². The van der Waals surface area contributed by atoms with Gasteiger partial charge in [-0.1, -0.05) is 37.3 Å². The topological polar surface area (TPSA) is 29.1 Å². The van der Waals surface area contributed by atoms with Gasteiger partial charge in [-0.15, -0.1) is 0 Å². The molecule has 0 unspecified atom stereocenters. The van der Waals surface area contributed by atoms with Gasteiger partial charge in [-0.2, -0.15) is 0 Å². The zero-order valence-corrected chi connectivity index (χ0v) is 9.29. The Labute approximate surface area is 90.7 Å². The molecule has 1 aromatic rings. The lowest BCUT2D eigenvalue weighted by Crippen LogP contribution is -2.27. The Hall–Kier alpha value is -1.15. The van der Waals surface area contributed by atoms with Gasteiger partial charge in [-0.05, 0) is 24.4 Å². The van der Waals surface area contributed by atoms with Crippen molar-refractivity contribution in [1.29, 1.82) is 0 Å². The second-order valence-corrected chi connectivity index (χ2v) is 4.72. The highest BCUT2D eigenvalue weighted by atomic mass is 16.1. The maximum atomic E-state index is 11.4. The first-order chi connectivity index (χ1) is 7.18. The summed E-state index contributed by atoms with van der Waals surface area (Å²) in [6, 6.07) is 10.1. The van der Waals surface area contributed by atoms with Crippen LogP contribution in [0.25, 0.3) is 0 Å². The molecule has 80 valence electrons. The fraction of sp³-hybridized carbons (Fsp3) is 0.462. The molecular weight excluding hydrogens is 186 g/mol. The third-order valence-electron chi connectivity index (χ3n) is 3.68. The molecule has 1 N–H and O–H groups in total. The third kappa shape index (κ3) is 1.40. The molecule has 2 nitrogen and oxygen atoms in total. The molecule has 1 saturated carbocycles. The van der Waals surface area contributed by atoms with Crippen LogP contribution in [-0.2, 0) is 10.2 Å². The Morgan fingerprint density at radius 2 is 2.07 bits per heavy atom. The lowest BCUT2D eigenvalue weighted by Gasteiger charge is -2.17. The molecule has 2 atom stereocenters. The van der Waals surface area contributed by atoms with Crippen LogP contribution in [0, 0.1) is 5.41 Å². The Bertz CT molecular complexity index is 362. The summed E-state index contributed by atoms with van der Waals surface area (Å²) >= 11 is 0. The molecule has 1 aromatic carbocycles. The van der Waals surface area contributed by atoms with Crippen LogP contribution in [0.3, 0.4) is 0 Å². The molecule has 2 heteroatoms. The molecule has 15 heavy (non-hydrogen) atoms. The zero-order valence-electron chi connectivity index (χ0n) is 9.29. The monoisotopic (exact) mass is 203 g/mol. The number of nitrogens with one attached hydrogen (secondary N) is 1. The lowest BCUT2D eigenvalue weighted by atomic mass is 9.88. The number of hydrogen-bond acceptors (Lipinski definition) is 2. The van der Waals surface area contributed by atoms with Crippen molar-refractivity contribution in [1.82, 2.24) is 5.32 Å². The van der Waals surface area contributed by atoms with Crippen LogP contribution in [0.15, 0.2) is 30.3 Å². The van der Waals surface area contributed by atoms with Crippen molar-refractivity contribution in [2.45, 2.75) is 18.8 Å². The van der Waals surface area contributed by atoms with Crippen molar-refractivity contribution >= 4 is 6.29 Å². The van der Waals surface area contributed by atoms with E-state index < -0.39 is 0 Å². The van der Waals surface area contributed by atoms with Crippen molar-refractivity contribution in [3.8, 4) is 0 Å². The van der Waals surface area contributed by atoms with Crippen LogP contribution in [0.4, 0.5) is 0 Å². The lowest BCUT2D eigenvalue weighted by molar-refractivity contribution is -0.110. The van der Waals surface area contributed by atoms with E-state index >= 15 is 0 Å². The summed E-state index contributed by atoms with van der Waals surface area (Å²) in [7, 11) is 1.93. The minimum atomic E-state index is -0.253. The van der Waals surface area contributed by atoms with Crippen LogP contribution >= 0.6 is 0 Å². The van der Waals surface area contributed by atoms with E-state index in [1.807, 2.05) is 25.2 Å². The Morgan fingerprint density at radius 3 is 2.60 bits per heavy atom. The summed E-state index contributed by atoms with van der Waals surface area (Å²) in [6.07, 6.45) is 2.08. The van der Waals surface area contributed by atoms with Crippen LogP contribution < -0.4 is 5.32 Å². The predicted molar refractivity (Wildman–Crippen MR) is 60.8 cm³/mol. The van der Waals surface area contributed by atoms with E-state index in [0.29, 0.717) is 0 Å². The predicted octanol–water partition coefficient (Wildman–Crippen LogP) is 1.75. The van der Waals surface area contributed by atoms with Crippen LogP contribution in [0.5, 0.6) is 0 Å². The van der Waals surface area contributed by atoms with Crippen molar-refractivity contribution in [3.05, 3.63) is 35.9 Å². The van der Waals surface area contributed by atoms with Gasteiger partial charge >= 0.3 is 0 Å². The van der Waals surface area contributed by atoms with Gasteiger partial charge < -0.3 is 10.1 Å². The average molecular weight is 203 g/mol. The number of benzene rings is 1. The molecule has 0 aliphatic heterocycles. The first kappa shape index (κ1) is 10.4. The highest BCUT2D eigenvalue weighted by molar-refractivity contribution is 5.76. The molecule has 1 aliphatic rings. The number of carbonyl (C=O) groups excluding carboxylic acids is 1. The SMILES string of the molecule is CNC[C@]1(C)C[C@@]1(C=O)c1ccccc1. The van der Waals surface area contributed by atoms with E-state index in [1.165, 1.54) is 0 Å². The Balaban J connectivity index is 2.31. The van der Waals surface area contributed by atoms with Crippen molar-refractivity contribution in [2.75, 3.05) is 13.6 Å². The number of rotatable bonds is 4. The first-order valence-electron chi connectivity index (χ1n) is 5.35. The van der Waals surface area contributed by atoms with E-state index in [9.17, 15) is 4.79 Å². The summed E-state index contributed by atoms with van der Waals surface area (Å²) in [4.78, 5) is 11.4. The fourth-order valence-corrected chi connectivity index (χ4v) is 2.62. The fourth-order valence-electron chi connectivity index (χ4n) is 2.62. The molecule has 1 aliphatic carbocycles. The van der Waals surface area contributed by atoms with Gasteiger partial charge in [0.25, 0.3) is 0 Å². The van der Waals surface area contributed by atoms with Gasteiger partial charge in [0.05, 0.1) is 5.41 Å². The molecule has 0 spiro atoms. The minimum absolute atomic E-state index is 0.0881. The average Bonchev–Trinajstić information content (AvgIpc) is 2.87. The van der Waals surface area contributed by atoms with E-state index in [4.69, 9.17) is 0 Å². The molecular formula is C13H17NO. The highest BCUT2D eigenvalue weighted by Crippen LogP contribution is 2.62. The van der Waals surface area contributed by atoms with Gasteiger partial charge in [0.1, 0.15) is 6.29 Å². The Kier molecular flexibility index (Phi) is 2.39. The summed E-state index contributed by atoms with van der Waals surface area (Å²) in [6.45, 7) is 3.06. The number of carbonyl (C=O) groups is 1. The highest BCUT2D eigenvalue weighted by Gasteiger charge is 2.64. The van der Waals surface area contributed by atoms with E-state index in [-0.39, 0.29) is 10.8 Å². The molecule has 0 radical (unpaired) electrons. The van der Waals surface area contributed by atoms with Crippen molar-refractivity contribution in [3.63, 3.8) is 0 Å². The normalized spacial score (nSPS) is 33.7. The van der Waals surface area contributed by atoms with Gasteiger partial charge in [0, 0.05) is 6.54 Å². The Morgan fingerprint density at radius 1 is 1.40 bits per heavy atom. The second kappa shape index (κ2) is 3.46. The summed E-state index contributed by atoms with van der Waals surface area (Å²) in [5.41, 5.74) is 0.986. The quantitative estimate of drug-likeness (QED) is 0.755. The number of aldehydes is 1. The first-order valence-corrected chi connectivity index (χ1v) is 5.35. The molecule has 0 aromatic heterocycles. The van der Waals surface area contributed by atoms with E-state index in [2.05, 4.69) is 24.4 Å². The van der Waals surface area contributed by atoms with E-state index in [1.54, 1.807) is 0 Å². The maximum Gasteiger partial charge on any atom is 0.131 e. The van der Waals surface area contributed by atoms with Gasteiger partial charge in [0.15, 0.2) is 0 Å². The van der Waals surface area contributed by atoms with Crippen LogP contribution in [-0.4, -0.2) is 19.9 Å². The molecule has 2 rings (SSSR count). The molecule has 0 heterocycles. The smallest absolute Gasteiger partial charge is 0.131 e. The largest absolute Gasteiger partial charge is 0.319 e. The minimum Gasteiger partial charge on any atom is -0.319 e. The van der Waals surface area contributed by atoms with Crippen molar-refractivity contribution < 1.29 is 4.79 Å². The van der Waals surface area contributed by atoms with Gasteiger partial charge in [-0.3, -0.25) is 0 Å². The number of hydrogen-bond donors (Lipinski definition) is 1. The zero-order chi connectivity index (χ0) is 10.9. The molecule has 0 amide bonds. The maximum absolute atomic E-state index is 11.4. The second-order valence-electron chi connectivity index (χ2n) is 4.72. The molecule has 1 fully saturated rings. The summed E-state index contributed by atoms with van der Waals surface area (Å²) in [5.74, 6) is 0. The third-order valence-corrected chi connectivity index (χ3v) is 3.68. The molecule has 0 saturated heterocycles. The summed E-state index contributed by atoms with van der Waals surface area (Å²) < 4.78 is 0. The van der Waals surface area contributed by atoms with Crippen molar-refractivity contribution in [2.24, 2.45) is 5.41 Å². The van der Waals surface area contributed by atoms with Crippen LogP contribution in [0.1, 0.15) is 18.9 Å². The van der Waals surface area contributed by atoms with E-state index in [0.717, 1.165) is 24.8 Å².